The number of amides is 2. The second-order valence-corrected chi connectivity index (χ2v) is 3.73. The van der Waals surface area contributed by atoms with Crippen molar-refractivity contribution in [3.8, 4) is 11.5 Å². The van der Waals surface area contributed by atoms with Crippen LogP contribution in [0.3, 0.4) is 0 Å². The number of benzene rings is 1. The number of phenolic OH excluding ortho intramolecular Hbond substituents is 2. The predicted molar refractivity (Wildman–Crippen MR) is 65.4 cm³/mol. The Balaban J connectivity index is 2.53. The van der Waals surface area contributed by atoms with Gasteiger partial charge in [0.05, 0.1) is 12.1 Å². The van der Waals surface area contributed by atoms with Crippen LogP contribution in [0, 0.1) is 0 Å². The van der Waals surface area contributed by atoms with Crippen LogP contribution in [0.15, 0.2) is 18.2 Å². The molecule has 6 nitrogen and oxygen atoms in total. The molecule has 0 aliphatic heterocycles. The SMILES string of the molecule is CCCNC(=O)CNC(=O)c1ccc(O)cc1O. The normalized spacial score (nSPS) is 9.83. The van der Waals surface area contributed by atoms with Gasteiger partial charge in [-0.05, 0) is 18.6 Å². The molecule has 0 aliphatic carbocycles. The van der Waals surface area contributed by atoms with Crippen molar-refractivity contribution in [1.29, 1.82) is 0 Å². The molecule has 0 bridgehead atoms. The molecule has 1 aromatic rings. The van der Waals surface area contributed by atoms with E-state index in [0.29, 0.717) is 6.54 Å². The molecule has 0 aromatic heterocycles. The molecule has 0 radical (unpaired) electrons. The molecule has 0 saturated heterocycles. The van der Waals surface area contributed by atoms with E-state index in [1.165, 1.54) is 12.1 Å². The van der Waals surface area contributed by atoms with Crippen molar-refractivity contribution in [3.63, 3.8) is 0 Å². The maximum atomic E-state index is 11.6. The fourth-order valence-corrected chi connectivity index (χ4v) is 1.29. The smallest absolute Gasteiger partial charge is 0.255 e. The van der Waals surface area contributed by atoms with E-state index in [9.17, 15) is 14.7 Å². The maximum absolute atomic E-state index is 11.6. The molecule has 0 aliphatic rings. The highest BCUT2D eigenvalue weighted by molar-refractivity contribution is 5.98. The minimum Gasteiger partial charge on any atom is -0.508 e. The van der Waals surface area contributed by atoms with Gasteiger partial charge in [-0.3, -0.25) is 9.59 Å². The van der Waals surface area contributed by atoms with E-state index >= 15 is 0 Å². The third-order valence-electron chi connectivity index (χ3n) is 2.21. The lowest BCUT2D eigenvalue weighted by Gasteiger charge is -2.07. The molecule has 6 heteroatoms. The van der Waals surface area contributed by atoms with Crippen LogP contribution in [0.2, 0.25) is 0 Å². The van der Waals surface area contributed by atoms with Crippen molar-refractivity contribution in [2.24, 2.45) is 0 Å². The highest BCUT2D eigenvalue weighted by Crippen LogP contribution is 2.22. The summed E-state index contributed by atoms with van der Waals surface area (Å²) in [6.45, 7) is 2.33. The van der Waals surface area contributed by atoms with Crippen molar-refractivity contribution in [2.75, 3.05) is 13.1 Å². The molecule has 0 saturated carbocycles. The molecule has 0 fully saturated rings. The van der Waals surface area contributed by atoms with Crippen molar-refractivity contribution >= 4 is 11.8 Å². The van der Waals surface area contributed by atoms with E-state index in [1.54, 1.807) is 0 Å². The first-order valence-electron chi connectivity index (χ1n) is 5.61. The Bertz CT molecular complexity index is 446. The Kier molecular flexibility index (Phi) is 4.98. The standard InChI is InChI=1S/C12H16N2O4/c1-2-5-13-11(17)7-14-12(18)9-4-3-8(15)6-10(9)16/h3-4,6,15-16H,2,5,7H2,1H3,(H,13,17)(H,14,18). The van der Waals surface area contributed by atoms with Gasteiger partial charge in [0, 0.05) is 12.6 Å². The predicted octanol–water partition coefficient (Wildman–Crippen LogP) is 0.354. The van der Waals surface area contributed by atoms with Crippen LogP contribution in [0.5, 0.6) is 11.5 Å². The second kappa shape index (κ2) is 6.48. The summed E-state index contributed by atoms with van der Waals surface area (Å²) in [6.07, 6.45) is 0.818. The van der Waals surface area contributed by atoms with Crippen molar-refractivity contribution in [3.05, 3.63) is 23.8 Å². The Hall–Kier alpha value is -2.24. The minimum atomic E-state index is -0.570. The number of phenols is 2. The first kappa shape index (κ1) is 13.8. The molecule has 98 valence electrons. The number of aromatic hydroxyl groups is 2. The van der Waals surface area contributed by atoms with Crippen molar-refractivity contribution < 1.29 is 19.8 Å². The summed E-state index contributed by atoms with van der Waals surface area (Å²) < 4.78 is 0. The number of hydrogen-bond acceptors (Lipinski definition) is 4. The number of nitrogens with one attached hydrogen (secondary N) is 2. The van der Waals surface area contributed by atoms with E-state index in [4.69, 9.17) is 5.11 Å². The summed E-state index contributed by atoms with van der Waals surface area (Å²) in [6, 6.07) is 3.63. The monoisotopic (exact) mass is 252 g/mol. The molecular formula is C12H16N2O4. The number of rotatable bonds is 5. The fraction of sp³-hybridized carbons (Fsp3) is 0.333. The van der Waals surface area contributed by atoms with E-state index in [-0.39, 0.29) is 29.5 Å². The van der Waals surface area contributed by atoms with Crippen molar-refractivity contribution in [2.45, 2.75) is 13.3 Å². The zero-order valence-electron chi connectivity index (χ0n) is 10.1. The minimum absolute atomic E-state index is 0.0103. The van der Waals surface area contributed by atoms with Gasteiger partial charge in [0.2, 0.25) is 5.91 Å². The number of carbonyl (C=O) groups excluding carboxylic acids is 2. The molecule has 0 spiro atoms. The first-order chi connectivity index (χ1) is 8.54. The fourth-order valence-electron chi connectivity index (χ4n) is 1.29. The first-order valence-corrected chi connectivity index (χ1v) is 5.61. The van der Waals surface area contributed by atoms with Gasteiger partial charge in [0.1, 0.15) is 11.5 Å². The summed E-state index contributed by atoms with van der Waals surface area (Å²) in [5, 5.41) is 23.5. The lowest BCUT2D eigenvalue weighted by Crippen LogP contribution is -2.37. The van der Waals surface area contributed by atoms with Gasteiger partial charge in [0.25, 0.3) is 5.91 Å². The Morgan fingerprint density at radius 3 is 2.56 bits per heavy atom. The Labute approximate surface area is 105 Å². The van der Waals surface area contributed by atoms with Crippen LogP contribution in [0.1, 0.15) is 23.7 Å². The molecule has 0 unspecified atom stereocenters. The van der Waals surface area contributed by atoms with Crippen LogP contribution in [0.25, 0.3) is 0 Å². The van der Waals surface area contributed by atoms with Gasteiger partial charge in [-0.25, -0.2) is 0 Å². The summed E-state index contributed by atoms with van der Waals surface area (Å²) in [5.74, 6) is -1.33. The Morgan fingerprint density at radius 1 is 1.22 bits per heavy atom. The molecule has 0 heterocycles. The Morgan fingerprint density at radius 2 is 1.94 bits per heavy atom. The molecule has 2 amide bonds. The third kappa shape index (κ3) is 3.97. The van der Waals surface area contributed by atoms with Crippen LogP contribution >= 0.6 is 0 Å². The van der Waals surface area contributed by atoms with Crippen LogP contribution in [-0.2, 0) is 4.79 Å². The molecule has 4 N–H and O–H groups in total. The largest absolute Gasteiger partial charge is 0.508 e. The van der Waals surface area contributed by atoms with Gasteiger partial charge < -0.3 is 20.8 Å². The third-order valence-corrected chi connectivity index (χ3v) is 2.21. The highest BCUT2D eigenvalue weighted by Gasteiger charge is 2.12. The maximum Gasteiger partial charge on any atom is 0.255 e. The molecule has 1 aromatic carbocycles. The van der Waals surface area contributed by atoms with Crippen LogP contribution < -0.4 is 10.6 Å². The molecule has 18 heavy (non-hydrogen) atoms. The van der Waals surface area contributed by atoms with Crippen LogP contribution in [0.4, 0.5) is 0 Å². The lowest BCUT2D eigenvalue weighted by molar-refractivity contribution is -0.120. The van der Waals surface area contributed by atoms with Gasteiger partial charge in [-0.2, -0.15) is 0 Å². The van der Waals surface area contributed by atoms with Gasteiger partial charge in [-0.15, -0.1) is 0 Å². The average Bonchev–Trinajstić information content (AvgIpc) is 2.33. The van der Waals surface area contributed by atoms with Gasteiger partial charge >= 0.3 is 0 Å². The van der Waals surface area contributed by atoms with E-state index in [1.807, 2.05) is 6.92 Å². The van der Waals surface area contributed by atoms with Gasteiger partial charge in [0.15, 0.2) is 0 Å². The summed E-state index contributed by atoms with van der Waals surface area (Å²) >= 11 is 0. The van der Waals surface area contributed by atoms with Crippen LogP contribution in [-0.4, -0.2) is 35.1 Å². The quantitative estimate of drug-likeness (QED) is 0.608. The zero-order valence-corrected chi connectivity index (χ0v) is 10.1. The van der Waals surface area contributed by atoms with E-state index in [2.05, 4.69) is 10.6 Å². The molecule has 0 atom stereocenters. The average molecular weight is 252 g/mol. The van der Waals surface area contributed by atoms with E-state index in [0.717, 1.165) is 12.5 Å². The summed E-state index contributed by atoms with van der Waals surface area (Å²) in [4.78, 5) is 22.9. The number of hydrogen-bond donors (Lipinski definition) is 4. The zero-order chi connectivity index (χ0) is 13.5. The topological polar surface area (TPSA) is 98.7 Å². The van der Waals surface area contributed by atoms with E-state index < -0.39 is 5.91 Å². The molecular weight excluding hydrogens is 236 g/mol. The molecule has 1 rings (SSSR count). The number of carbonyl (C=O) groups is 2. The summed E-state index contributed by atoms with van der Waals surface area (Å²) in [5.41, 5.74) is 0.0103. The lowest BCUT2D eigenvalue weighted by atomic mass is 10.2. The summed E-state index contributed by atoms with van der Waals surface area (Å²) in [7, 11) is 0. The van der Waals surface area contributed by atoms with Crippen molar-refractivity contribution in [1.82, 2.24) is 10.6 Å². The second-order valence-electron chi connectivity index (χ2n) is 3.73. The van der Waals surface area contributed by atoms with Gasteiger partial charge in [-0.1, -0.05) is 6.92 Å². The highest BCUT2D eigenvalue weighted by atomic mass is 16.3.